The van der Waals surface area contributed by atoms with Crippen LogP contribution < -0.4 is 5.56 Å². The molecule has 0 aliphatic rings. The molecule has 0 radical (unpaired) electrons. The smallest absolute Gasteiger partial charge is 0.269 e. The van der Waals surface area contributed by atoms with E-state index in [1.165, 1.54) is 10.8 Å². The number of halogens is 1. The highest BCUT2D eigenvalue weighted by atomic mass is 79.9. The van der Waals surface area contributed by atoms with Gasteiger partial charge in [-0.05, 0) is 37.1 Å². The topological polar surface area (TPSA) is 55.2 Å². The van der Waals surface area contributed by atoms with Gasteiger partial charge in [0.25, 0.3) is 5.56 Å². The van der Waals surface area contributed by atoms with E-state index in [4.69, 9.17) is 0 Å². The van der Waals surface area contributed by atoms with E-state index in [9.17, 15) is 9.59 Å². The molecule has 2 aromatic carbocycles. The number of amides is 1. The van der Waals surface area contributed by atoms with Gasteiger partial charge in [0, 0.05) is 11.0 Å². The molecule has 27 heavy (non-hydrogen) atoms. The van der Waals surface area contributed by atoms with Crippen LogP contribution in [0.4, 0.5) is 0 Å². The van der Waals surface area contributed by atoms with Crippen molar-refractivity contribution in [3.05, 3.63) is 75.1 Å². The van der Waals surface area contributed by atoms with Gasteiger partial charge in [-0.15, -0.1) is 0 Å². The van der Waals surface area contributed by atoms with Gasteiger partial charge in [0.1, 0.15) is 6.54 Å². The third-order valence-corrected chi connectivity index (χ3v) is 5.38. The first-order valence-electron chi connectivity index (χ1n) is 9.01. The quantitative estimate of drug-likeness (QED) is 0.593. The lowest BCUT2D eigenvalue weighted by Crippen LogP contribution is -2.39. The molecule has 140 valence electrons. The van der Waals surface area contributed by atoms with Crippen LogP contribution in [0.15, 0.2) is 64.0 Å². The number of benzene rings is 2. The second-order valence-corrected chi connectivity index (χ2v) is 7.31. The molecule has 1 amide bonds. The highest BCUT2D eigenvalue weighted by molar-refractivity contribution is 9.10. The molecule has 5 nitrogen and oxygen atoms in total. The third-order valence-electron chi connectivity index (χ3n) is 4.65. The highest BCUT2D eigenvalue weighted by Gasteiger charge is 2.23. The molecule has 1 heterocycles. The van der Waals surface area contributed by atoms with Crippen LogP contribution in [0.2, 0.25) is 0 Å². The summed E-state index contributed by atoms with van der Waals surface area (Å²) in [6.45, 7) is 4.68. The molecule has 3 rings (SSSR count). The zero-order valence-corrected chi connectivity index (χ0v) is 17.0. The summed E-state index contributed by atoms with van der Waals surface area (Å²) in [5.41, 5.74) is 2.15. The third kappa shape index (κ3) is 4.11. The van der Waals surface area contributed by atoms with Crippen molar-refractivity contribution in [3.63, 3.8) is 0 Å². The zero-order chi connectivity index (χ0) is 19.4. The van der Waals surface area contributed by atoms with Gasteiger partial charge in [0.05, 0.1) is 23.3 Å². The van der Waals surface area contributed by atoms with Crippen molar-refractivity contribution in [2.75, 3.05) is 6.54 Å². The summed E-state index contributed by atoms with van der Waals surface area (Å²) in [6.07, 6.45) is 2.11. The minimum absolute atomic E-state index is 0.00331. The molecule has 0 saturated heterocycles. The first-order valence-corrected chi connectivity index (χ1v) is 9.80. The number of hydrogen-bond donors (Lipinski definition) is 0. The summed E-state index contributed by atoms with van der Waals surface area (Å²) < 4.78 is 2.47. The molecule has 0 unspecified atom stereocenters. The largest absolute Gasteiger partial charge is 0.334 e. The Morgan fingerprint density at radius 2 is 1.89 bits per heavy atom. The molecule has 0 fully saturated rings. The molecular weight excluding hydrogens is 406 g/mol. The van der Waals surface area contributed by atoms with Crippen LogP contribution >= 0.6 is 15.9 Å². The molecule has 1 aromatic heterocycles. The Bertz CT molecular complexity index is 1020. The predicted octanol–water partition coefficient (Wildman–Crippen LogP) is 4.16. The summed E-state index contributed by atoms with van der Waals surface area (Å²) in [5, 5.41) is 0. The predicted molar refractivity (Wildman–Crippen MR) is 111 cm³/mol. The van der Waals surface area contributed by atoms with Gasteiger partial charge in [-0.1, -0.05) is 53.2 Å². The van der Waals surface area contributed by atoms with E-state index in [0.29, 0.717) is 17.6 Å². The SMILES string of the molecule is CCCN(C(=O)Cn1c(=O)cnc2ccccc21)[C@H](C)c1ccccc1Br. The standard InChI is InChI=1S/C21H22BrN3O2/c1-3-12-24(15(2)16-8-4-5-9-17(16)22)21(27)14-25-19-11-7-6-10-18(19)23-13-20(25)26/h4-11,13,15H,3,12,14H2,1-2H3/t15-/m1/s1. The maximum Gasteiger partial charge on any atom is 0.269 e. The minimum Gasteiger partial charge on any atom is -0.334 e. The first-order chi connectivity index (χ1) is 13.0. The summed E-state index contributed by atoms with van der Waals surface area (Å²) in [5.74, 6) is -0.0847. The lowest BCUT2D eigenvalue weighted by molar-refractivity contribution is -0.134. The van der Waals surface area contributed by atoms with Crippen molar-refractivity contribution in [1.29, 1.82) is 0 Å². The van der Waals surface area contributed by atoms with Crippen LogP contribution in [-0.4, -0.2) is 26.9 Å². The van der Waals surface area contributed by atoms with Gasteiger partial charge in [0.15, 0.2) is 0 Å². The number of para-hydroxylation sites is 2. The van der Waals surface area contributed by atoms with Crippen LogP contribution in [0.25, 0.3) is 11.0 Å². The van der Waals surface area contributed by atoms with Gasteiger partial charge in [-0.3, -0.25) is 14.2 Å². The van der Waals surface area contributed by atoms with Crippen molar-refractivity contribution in [2.45, 2.75) is 32.9 Å². The Labute approximate surface area is 166 Å². The maximum atomic E-state index is 13.2. The number of aromatic nitrogens is 2. The number of hydrogen-bond acceptors (Lipinski definition) is 3. The number of carbonyl (C=O) groups is 1. The number of carbonyl (C=O) groups excluding carboxylic acids is 1. The van der Waals surface area contributed by atoms with E-state index < -0.39 is 0 Å². The van der Waals surface area contributed by atoms with E-state index in [-0.39, 0.29) is 24.1 Å². The molecule has 1 atom stereocenters. The van der Waals surface area contributed by atoms with E-state index in [1.807, 2.05) is 67.3 Å². The fourth-order valence-electron chi connectivity index (χ4n) is 3.26. The fraction of sp³-hybridized carbons (Fsp3) is 0.286. The summed E-state index contributed by atoms with van der Waals surface area (Å²) >= 11 is 3.57. The normalized spacial score (nSPS) is 12.1. The molecule has 0 bridgehead atoms. The maximum absolute atomic E-state index is 13.2. The number of fused-ring (bicyclic) bond motifs is 1. The monoisotopic (exact) mass is 427 g/mol. The van der Waals surface area contributed by atoms with Crippen LogP contribution in [0.3, 0.4) is 0 Å². The van der Waals surface area contributed by atoms with Gasteiger partial charge in [0.2, 0.25) is 5.91 Å². The van der Waals surface area contributed by atoms with Gasteiger partial charge in [-0.25, -0.2) is 4.98 Å². The van der Waals surface area contributed by atoms with Crippen LogP contribution in [0.1, 0.15) is 31.9 Å². The Kier molecular flexibility index (Phi) is 6.06. The first kappa shape index (κ1) is 19.3. The van der Waals surface area contributed by atoms with Gasteiger partial charge < -0.3 is 4.90 Å². The van der Waals surface area contributed by atoms with E-state index >= 15 is 0 Å². The lowest BCUT2D eigenvalue weighted by atomic mass is 10.1. The molecule has 3 aromatic rings. The van der Waals surface area contributed by atoms with Crippen LogP contribution in [0.5, 0.6) is 0 Å². The molecule has 0 spiro atoms. The summed E-state index contributed by atoms with van der Waals surface area (Å²) in [6, 6.07) is 15.2. The van der Waals surface area contributed by atoms with Crippen LogP contribution in [-0.2, 0) is 11.3 Å². The van der Waals surface area contributed by atoms with Crippen LogP contribution in [0, 0.1) is 0 Å². The van der Waals surface area contributed by atoms with Crippen molar-refractivity contribution in [3.8, 4) is 0 Å². The second kappa shape index (κ2) is 8.48. The summed E-state index contributed by atoms with van der Waals surface area (Å²) in [4.78, 5) is 31.5. The highest BCUT2D eigenvalue weighted by Crippen LogP contribution is 2.28. The van der Waals surface area contributed by atoms with Crippen molar-refractivity contribution in [2.24, 2.45) is 0 Å². The Balaban J connectivity index is 1.94. The number of rotatable bonds is 6. The average Bonchev–Trinajstić information content (AvgIpc) is 2.68. The molecule has 0 saturated carbocycles. The van der Waals surface area contributed by atoms with E-state index in [0.717, 1.165) is 16.5 Å². The molecule has 0 aliphatic heterocycles. The van der Waals surface area contributed by atoms with Crippen molar-refractivity contribution >= 4 is 32.9 Å². The minimum atomic E-state index is -0.271. The Morgan fingerprint density at radius 1 is 1.19 bits per heavy atom. The molecule has 0 N–H and O–H groups in total. The molecule has 6 heteroatoms. The zero-order valence-electron chi connectivity index (χ0n) is 15.4. The second-order valence-electron chi connectivity index (χ2n) is 6.46. The molecular formula is C21H22BrN3O2. The average molecular weight is 428 g/mol. The Morgan fingerprint density at radius 3 is 2.63 bits per heavy atom. The fourth-order valence-corrected chi connectivity index (χ4v) is 3.88. The van der Waals surface area contributed by atoms with Crippen molar-refractivity contribution in [1.82, 2.24) is 14.5 Å². The van der Waals surface area contributed by atoms with Gasteiger partial charge >= 0.3 is 0 Å². The van der Waals surface area contributed by atoms with E-state index in [2.05, 4.69) is 20.9 Å². The number of nitrogens with zero attached hydrogens (tertiary/aromatic N) is 3. The lowest BCUT2D eigenvalue weighted by Gasteiger charge is -2.30. The van der Waals surface area contributed by atoms with Crippen molar-refractivity contribution < 1.29 is 4.79 Å². The molecule has 0 aliphatic carbocycles. The summed E-state index contributed by atoms with van der Waals surface area (Å²) in [7, 11) is 0. The van der Waals surface area contributed by atoms with Gasteiger partial charge in [-0.2, -0.15) is 0 Å². The Hall–Kier alpha value is -2.47. The van der Waals surface area contributed by atoms with E-state index in [1.54, 1.807) is 0 Å².